The molecule has 0 saturated heterocycles. The molecular weight excluding hydrogens is 192 g/mol. The molecule has 0 bridgehead atoms. The second kappa shape index (κ2) is 3.57. The van der Waals surface area contributed by atoms with E-state index >= 15 is 0 Å². The zero-order chi connectivity index (χ0) is 10.8. The number of carboxylic acid groups (broad SMARTS) is 1. The summed E-state index contributed by atoms with van der Waals surface area (Å²) in [6.07, 6.45) is 3.39. The molecule has 76 valence electrons. The van der Waals surface area contributed by atoms with Crippen LogP contribution in [0.25, 0.3) is 5.69 Å². The molecule has 15 heavy (non-hydrogen) atoms. The number of hydrogen-bond donors (Lipinski definition) is 1. The summed E-state index contributed by atoms with van der Waals surface area (Å²) in [7, 11) is 0. The van der Waals surface area contributed by atoms with E-state index in [0.717, 1.165) is 5.82 Å². The normalized spacial score (nSPS) is 10.2. The first kappa shape index (κ1) is 9.45. The molecule has 0 radical (unpaired) electrons. The standard InChI is InChI=1S/C11H10N2O2/c1-8-12-6-7-13(8)10-5-3-2-4-9(10)11(14)15/h2-7H,1H3,(H,14,15). The quantitative estimate of drug-likeness (QED) is 0.808. The topological polar surface area (TPSA) is 55.1 Å². The number of carbonyl (C=O) groups is 1. The average Bonchev–Trinajstić information content (AvgIpc) is 2.64. The van der Waals surface area contributed by atoms with Gasteiger partial charge in [0, 0.05) is 12.4 Å². The number of para-hydroxylation sites is 1. The van der Waals surface area contributed by atoms with Gasteiger partial charge in [-0.3, -0.25) is 0 Å². The van der Waals surface area contributed by atoms with Crippen LogP contribution in [-0.4, -0.2) is 20.6 Å². The summed E-state index contributed by atoms with van der Waals surface area (Å²) < 4.78 is 1.75. The lowest BCUT2D eigenvalue weighted by atomic mass is 10.2. The van der Waals surface area contributed by atoms with Gasteiger partial charge in [0.15, 0.2) is 0 Å². The van der Waals surface area contributed by atoms with Crippen molar-refractivity contribution in [2.75, 3.05) is 0 Å². The molecule has 1 heterocycles. The van der Waals surface area contributed by atoms with Gasteiger partial charge in [-0.25, -0.2) is 9.78 Å². The van der Waals surface area contributed by atoms with Gasteiger partial charge in [0.25, 0.3) is 0 Å². The van der Waals surface area contributed by atoms with E-state index in [4.69, 9.17) is 5.11 Å². The first-order valence-electron chi connectivity index (χ1n) is 4.53. The minimum Gasteiger partial charge on any atom is -0.478 e. The van der Waals surface area contributed by atoms with Crippen molar-refractivity contribution in [3.05, 3.63) is 48.0 Å². The molecule has 0 aliphatic rings. The number of carboxylic acids is 1. The van der Waals surface area contributed by atoms with Gasteiger partial charge in [0.2, 0.25) is 0 Å². The fraction of sp³-hybridized carbons (Fsp3) is 0.0909. The van der Waals surface area contributed by atoms with E-state index in [1.807, 2.05) is 6.92 Å². The third-order valence-electron chi connectivity index (χ3n) is 2.22. The summed E-state index contributed by atoms with van der Waals surface area (Å²) >= 11 is 0. The molecule has 0 saturated carbocycles. The largest absolute Gasteiger partial charge is 0.478 e. The van der Waals surface area contributed by atoms with Crippen LogP contribution in [-0.2, 0) is 0 Å². The Balaban J connectivity index is 2.63. The first-order chi connectivity index (χ1) is 7.20. The third kappa shape index (κ3) is 1.61. The molecule has 2 rings (SSSR count). The summed E-state index contributed by atoms with van der Waals surface area (Å²) in [6, 6.07) is 6.86. The van der Waals surface area contributed by atoms with Gasteiger partial charge in [-0.15, -0.1) is 0 Å². The number of aryl methyl sites for hydroxylation is 1. The summed E-state index contributed by atoms with van der Waals surface area (Å²) in [5.74, 6) is -0.164. The maximum atomic E-state index is 11.0. The molecule has 0 aliphatic heterocycles. The zero-order valence-corrected chi connectivity index (χ0v) is 8.21. The molecular formula is C11H10N2O2. The van der Waals surface area contributed by atoms with Gasteiger partial charge in [0.1, 0.15) is 5.82 Å². The van der Waals surface area contributed by atoms with Crippen molar-refractivity contribution < 1.29 is 9.90 Å². The Morgan fingerprint density at radius 3 is 2.73 bits per heavy atom. The van der Waals surface area contributed by atoms with Gasteiger partial charge in [0.05, 0.1) is 11.3 Å². The number of hydrogen-bond acceptors (Lipinski definition) is 2. The number of aromatic carboxylic acids is 1. The predicted molar refractivity (Wildman–Crippen MR) is 55.3 cm³/mol. The van der Waals surface area contributed by atoms with Gasteiger partial charge in [-0.05, 0) is 19.1 Å². The highest BCUT2D eigenvalue weighted by Crippen LogP contribution is 2.15. The molecule has 0 spiro atoms. The minimum absolute atomic E-state index is 0.276. The van der Waals surface area contributed by atoms with E-state index in [9.17, 15) is 4.79 Å². The minimum atomic E-state index is -0.932. The Hall–Kier alpha value is -2.10. The molecule has 1 aromatic carbocycles. The SMILES string of the molecule is Cc1nccn1-c1ccccc1C(=O)O. The van der Waals surface area contributed by atoms with Gasteiger partial charge >= 0.3 is 5.97 Å². The van der Waals surface area contributed by atoms with E-state index < -0.39 is 5.97 Å². The molecule has 0 fully saturated rings. The van der Waals surface area contributed by atoms with Crippen LogP contribution in [0.3, 0.4) is 0 Å². The summed E-state index contributed by atoms with van der Waals surface area (Å²) in [5, 5.41) is 9.02. The Morgan fingerprint density at radius 1 is 1.40 bits per heavy atom. The van der Waals surface area contributed by atoms with Gasteiger partial charge < -0.3 is 9.67 Å². The van der Waals surface area contributed by atoms with Crippen molar-refractivity contribution in [1.29, 1.82) is 0 Å². The Morgan fingerprint density at radius 2 is 2.13 bits per heavy atom. The molecule has 0 atom stereocenters. The maximum absolute atomic E-state index is 11.0. The lowest BCUT2D eigenvalue weighted by molar-refractivity contribution is 0.0697. The highest BCUT2D eigenvalue weighted by atomic mass is 16.4. The number of nitrogens with zero attached hydrogens (tertiary/aromatic N) is 2. The molecule has 4 heteroatoms. The van der Waals surface area contributed by atoms with Crippen molar-refractivity contribution >= 4 is 5.97 Å². The maximum Gasteiger partial charge on any atom is 0.337 e. The number of rotatable bonds is 2. The number of benzene rings is 1. The van der Waals surface area contributed by atoms with E-state index in [1.165, 1.54) is 0 Å². The van der Waals surface area contributed by atoms with Crippen molar-refractivity contribution in [2.24, 2.45) is 0 Å². The number of aromatic nitrogens is 2. The molecule has 1 aromatic heterocycles. The molecule has 0 amide bonds. The van der Waals surface area contributed by atoms with Crippen LogP contribution < -0.4 is 0 Å². The fourth-order valence-electron chi connectivity index (χ4n) is 1.50. The number of imidazole rings is 1. The second-order valence-corrected chi connectivity index (χ2v) is 3.17. The third-order valence-corrected chi connectivity index (χ3v) is 2.22. The molecule has 0 aliphatic carbocycles. The summed E-state index contributed by atoms with van der Waals surface area (Å²) in [6.45, 7) is 1.83. The molecule has 1 N–H and O–H groups in total. The van der Waals surface area contributed by atoms with Crippen molar-refractivity contribution in [1.82, 2.24) is 9.55 Å². The van der Waals surface area contributed by atoms with Crippen LogP contribution in [0.4, 0.5) is 0 Å². The Bertz CT molecular complexity index is 503. The summed E-state index contributed by atoms with van der Waals surface area (Å²) in [4.78, 5) is 15.1. The van der Waals surface area contributed by atoms with Crippen LogP contribution in [0.5, 0.6) is 0 Å². The van der Waals surface area contributed by atoms with E-state index in [0.29, 0.717) is 5.69 Å². The molecule has 2 aromatic rings. The van der Waals surface area contributed by atoms with Crippen molar-refractivity contribution in [2.45, 2.75) is 6.92 Å². The molecule has 4 nitrogen and oxygen atoms in total. The predicted octanol–water partition coefficient (Wildman–Crippen LogP) is 1.88. The zero-order valence-electron chi connectivity index (χ0n) is 8.21. The highest BCUT2D eigenvalue weighted by molar-refractivity contribution is 5.91. The van der Waals surface area contributed by atoms with E-state index in [-0.39, 0.29) is 5.56 Å². The molecule has 0 unspecified atom stereocenters. The van der Waals surface area contributed by atoms with E-state index in [1.54, 1.807) is 41.2 Å². The smallest absolute Gasteiger partial charge is 0.337 e. The second-order valence-electron chi connectivity index (χ2n) is 3.17. The van der Waals surface area contributed by atoms with Gasteiger partial charge in [-0.1, -0.05) is 12.1 Å². The first-order valence-corrected chi connectivity index (χ1v) is 4.53. The Kier molecular flexibility index (Phi) is 2.25. The van der Waals surface area contributed by atoms with Gasteiger partial charge in [-0.2, -0.15) is 0 Å². The lowest BCUT2D eigenvalue weighted by Crippen LogP contribution is -2.05. The van der Waals surface area contributed by atoms with Crippen molar-refractivity contribution in [3.8, 4) is 5.69 Å². The van der Waals surface area contributed by atoms with Crippen molar-refractivity contribution in [3.63, 3.8) is 0 Å². The van der Waals surface area contributed by atoms with Crippen LogP contribution in [0.15, 0.2) is 36.7 Å². The lowest BCUT2D eigenvalue weighted by Gasteiger charge is -2.07. The van der Waals surface area contributed by atoms with Crippen LogP contribution in [0.2, 0.25) is 0 Å². The van der Waals surface area contributed by atoms with Crippen LogP contribution in [0, 0.1) is 6.92 Å². The summed E-state index contributed by atoms with van der Waals surface area (Å²) in [5.41, 5.74) is 0.915. The fourth-order valence-corrected chi connectivity index (χ4v) is 1.50. The monoisotopic (exact) mass is 202 g/mol. The average molecular weight is 202 g/mol. The van der Waals surface area contributed by atoms with Crippen LogP contribution >= 0.6 is 0 Å². The van der Waals surface area contributed by atoms with Crippen LogP contribution in [0.1, 0.15) is 16.2 Å². The highest BCUT2D eigenvalue weighted by Gasteiger charge is 2.11. The Labute approximate surface area is 86.8 Å². The van der Waals surface area contributed by atoms with E-state index in [2.05, 4.69) is 4.98 Å².